The van der Waals surface area contributed by atoms with E-state index in [1.54, 1.807) is 13.2 Å². The van der Waals surface area contributed by atoms with Crippen LogP contribution in [0.1, 0.15) is 32.1 Å². The van der Waals surface area contributed by atoms with Gasteiger partial charge in [-0.3, -0.25) is 14.5 Å². The van der Waals surface area contributed by atoms with Crippen LogP contribution >= 0.6 is 0 Å². The molecule has 1 unspecified atom stereocenters. The van der Waals surface area contributed by atoms with Crippen molar-refractivity contribution in [3.05, 3.63) is 59.1 Å². The molecule has 1 aliphatic heterocycles. The van der Waals surface area contributed by atoms with Crippen LogP contribution in [0, 0.1) is 12.8 Å². The Balaban J connectivity index is 2.04. The summed E-state index contributed by atoms with van der Waals surface area (Å²) in [6.07, 6.45) is 6.17. The van der Waals surface area contributed by atoms with Gasteiger partial charge >= 0.3 is 5.97 Å². The topological polar surface area (TPSA) is 76.8 Å². The number of carbonyl (C=O) groups is 3. The lowest BCUT2D eigenvalue weighted by molar-refractivity contribution is -0.145. The van der Waals surface area contributed by atoms with Crippen molar-refractivity contribution < 1.29 is 23.5 Å². The van der Waals surface area contributed by atoms with Crippen molar-refractivity contribution in [3.63, 3.8) is 0 Å². The van der Waals surface area contributed by atoms with Crippen molar-refractivity contribution in [2.24, 2.45) is 5.92 Å². The molecule has 2 heterocycles. The number of allylic oxidation sites excluding steroid dienone is 3. The molecule has 6 heteroatoms. The molecule has 1 fully saturated rings. The summed E-state index contributed by atoms with van der Waals surface area (Å²) in [6.45, 7) is 10.4. The highest BCUT2D eigenvalue weighted by Crippen LogP contribution is 2.28. The number of furan rings is 1. The molecule has 0 aromatic carbocycles. The summed E-state index contributed by atoms with van der Waals surface area (Å²) in [5.41, 5.74) is 2.55. The quantitative estimate of drug-likeness (QED) is 0.418. The normalized spacial score (nSPS) is 19.1. The average molecular weight is 371 g/mol. The summed E-state index contributed by atoms with van der Waals surface area (Å²) >= 11 is 0. The smallest absolute Gasteiger partial charge is 0.333 e. The van der Waals surface area contributed by atoms with E-state index < -0.39 is 11.9 Å². The van der Waals surface area contributed by atoms with Gasteiger partial charge in [-0.05, 0) is 51.3 Å². The number of aryl methyl sites for hydroxylation is 1. The van der Waals surface area contributed by atoms with Crippen LogP contribution in [0.5, 0.6) is 0 Å². The van der Waals surface area contributed by atoms with Crippen LogP contribution in [0.3, 0.4) is 0 Å². The highest BCUT2D eigenvalue weighted by molar-refractivity contribution is 6.15. The zero-order chi connectivity index (χ0) is 20.1. The standard InChI is InChI=1S/C21H25NO5/c1-13(2)21(25)26-10-9-22-19(23)16(5)18(20(22)24)14(3)7-6-8-17-11-15(4)27-12-17/h6-7,11-12,16H,1,8-10H2,2-5H3. The molecular formula is C21H25NO5. The third kappa shape index (κ3) is 4.84. The summed E-state index contributed by atoms with van der Waals surface area (Å²) in [5, 5.41) is 0. The van der Waals surface area contributed by atoms with Gasteiger partial charge in [0, 0.05) is 11.1 Å². The maximum absolute atomic E-state index is 12.7. The molecule has 1 aliphatic rings. The van der Waals surface area contributed by atoms with Crippen molar-refractivity contribution in [2.75, 3.05) is 13.2 Å². The zero-order valence-electron chi connectivity index (χ0n) is 16.2. The maximum Gasteiger partial charge on any atom is 0.333 e. The van der Waals surface area contributed by atoms with Crippen LogP contribution in [0.2, 0.25) is 0 Å². The van der Waals surface area contributed by atoms with E-state index in [0.717, 1.165) is 21.8 Å². The van der Waals surface area contributed by atoms with Crippen LogP contribution in [-0.2, 0) is 25.5 Å². The van der Waals surface area contributed by atoms with Crippen LogP contribution in [-0.4, -0.2) is 35.8 Å². The highest BCUT2D eigenvalue weighted by atomic mass is 16.5. The minimum atomic E-state index is -0.536. The van der Waals surface area contributed by atoms with Crippen LogP contribution in [0.4, 0.5) is 0 Å². The van der Waals surface area contributed by atoms with E-state index in [0.29, 0.717) is 12.0 Å². The van der Waals surface area contributed by atoms with E-state index in [2.05, 4.69) is 6.58 Å². The predicted octanol–water partition coefficient (Wildman–Crippen LogP) is 3.13. The molecule has 1 aromatic heterocycles. The number of esters is 1. The van der Waals surface area contributed by atoms with Crippen molar-refractivity contribution in [1.29, 1.82) is 0 Å². The monoisotopic (exact) mass is 371 g/mol. The molecule has 27 heavy (non-hydrogen) atoms. The Kier molecular flexibility index (Phi) is 6.55. The fourth-order valence-electron chi connectivity index (χ4n) is 2.93. The molecular weight excluding hydrogens is 346 g/mol. The van der Waals surface area contributed by atoms with Crippen LogP contribution in [0.25, 0.3) is 0 Å². The third-order valence-electron chi connectivity index (χ3n) is 4.37. The number of hydrogen-bond acceptors (Lipinski definition) is 5. The molecule has 1 atom stereocenters. The average Bonchev–Trinajstić information content (AvgIpc) is 3.10. The summed E-state index contributed by atoms with van der Waals surface area (Å²) in [4.78, 5) is 37.6. The predicted molar refractivity (Wildman–Crippen MR) is 101 cm³/mol. The molecule has 0 saturated carbocycles. The van der Waals surface area contributed by atoms with Gasteiger partial charge in [0.15, 0.2) is 0 Å². The first kappa shape index (κ1) is 20.4. The van der Waals surface area contributed by atoms with Gasteiger partial charge in [0.2, 0.25) is 5.91 Å². The first-order valence-corrected chi connectivity index (χ1v) is 8.82. The molecule has 0 radical (unpaired) electrons. The zero-order valence-corrected chi connectivity index (χ0v) is 16.2. The number of rotatable bonds is 7. The Bertz CT molecular complexity index is 827. The van der Waals surface area contributed by atoms with Crippen LogP contribution < -0.4 is 0 Å². The lowest BCUT2D eigenvalue weighted by Crippen LogP contribution is -2.34. The molecule has 1 aromatic rings. The molecule has 6 nitrogen and oxygen atoms in total. The number of amides is 2. The highest BCUT2D eigenvalue weighted by Gasteiger charge is 2.41. The number of nitrogens with zero attached hydrogens (tertiary/aromatic N) is 1. The SMILES string of the molecule is C=C(C)C(=O)OCCN1C(=O)C(=C(C)C=CCc2coc(C)c2)C(C)C1=O. The van der Waals surface area contributed by atoms with E-state index >= 15 is 0 Å². The van der Waals surface area contributed by atoms with Gasteiger partial charge < -0.3 is 9.15 Å². The second-order valence-corrected chi connectivity index (χ2v) is 6.70. The summed E-state index contributed by atoms with van der Waals surface area (Å²) < 4.78 is 10.2. The molecule has 0 spiro atoms. The van der Waals surface area contributed by atoms with Gasteiger partial charge in [0.25, 0.3) is 5.91 Å². The fourth-order valence-corrected chi connectivity index (χ4v) is 2.93. The second-order valence-electron chi connectivity index (χ2n) is 6.70. The number of hydrogen-bond donors (Lipinski definition) is 0. The first-order valence-electron chi connectivity index (χ1n) is 8.82. The third-order valence-corrected chi connectivity index (χ3v) is 4.37. The van der Waals surface area contributed by atoms with Gasteiger partial charge in [-0.25, -0.2) is 4.79 Å². The Morgan fingerprint density at radius 1 is 1.37 bits per heavy atom. The van der Waals surface area contributed by atoms with E-state index in [-0.39, 0.29) is 30.5 Å². The molecule has 2 rings (SSSR count). The molecule has 0 aliphatic carbocycles. The Morgan fingerprint density at radius 3 is 2.67 bits per heavy atom. The largest absolute Gasteiger partial charge is 0.469 e. The van der Waals surface area contributed by atoms with Crippen molar-refractivity contribution >= 4 is 17.8 Å². The van der Waals surface area contributed by atoms with E-state index in [1.807, 2.05) is 32.1 Å². The maximum atomic E-state index is 12.7. The minimum Gasteiger partial charge on any atom is -0.469 e. The van der Waals surface area contributed by atoms with Crippen molar-refractivity contribution in [2.45, 2.75) is 34.1 Å². The molecule has 0 N–H and O–H groups in total. The van der Waals surface area contributed by atoms with Gasteiger partial charge in [-0.2, -0.15) is 0 Å². The van der Waals surface area contributed by atoms with Gasteiger partial charge in [-0.1, -0.05) is 18.7 Å². The Labute approximate surface area is 159 Å². The molecule has 1 saturated heterocycles. The number of imide groups is 1. The summed E-state index contributed by atoms with van der Waals surface area (Å²) in [6, 6.07) is 1.95. The van der Waals surface area contributed by atoms with E-state index in [1.165, 1.54) is 6.92 Å². The van der Waals surface area contributed by atoms with Crippen LogP contribution in [0.15, 0.2) is 52.2 Å². The summed E-state index contributed by atoms with van der Waals surface area (Å²) in [5.74, 6) is -0.817. The molecule has 144 valence electrons. The van der Waals surface area contributed by atoms with Gasteiger partial charge in [-0.15, -0.1) is 0 Å². The number of likely N-dealkylation sites (tertiary alicyclic amines) is 1. The lowest BCUT2D eigenvalue weighted by atomic mass is 9.98. The Morgan fingerprint density at radius 2 is 2.07 bits per heavy atom. The minimum absolute atomic E-state index is 0.0375. The van der Waals surface area contributed by atoms with Gasteiger partial charge in [0.05, 0.1) is 18.7 Å². The van der Waals surface area contributed by atoms with E-state index in [9.17, 15) is 14.4 Å². The molecule has 0 bridgehead atoms. The Hall–Kier alpha value is -2.89. The molecule has 2 amide bonds. The second kappa shape index (κ2) is 8.66. The van der Waals surface area contributed by atoms with Crippen molar-refractivity contribution in [3.8, 4) is 0 Å². The lowest BCUT2D eigenvalue weighted by Gasteiger charge is -2.13. The first-order chi connectivity index (χ1) is 12.7. The van der Waals surface area contributed by atoms with Gasteiger partial charge in [0.1, 0.15) is 12.4 Å². The van der Waals surface area contributed by atoms with E-state index in [4.69, 9.17) is 9.15 Å². The van der Waals surface area contributed by atoms with Crippen molar-refractivity contribution in [1.82, 2.24) is 4.90 Å². The summed E-state index contributed by atoms with van der Waals surface area (Å²) in [7, 11) is 0. The number of carbonyl (C=O) groups excluding carboxylic acids is 3. The number of ether oxygens (including phenoxy) is 1. The fraction of sp³-hybridized carbons (Fsp3) is 0.381.